The fourth-order valence-electron chi connectivity index (χ4n) is 0.678. The predicted octanol–water partition coefficient (Wildman–Crippen LogP) is 1.04. The Morgan fingerprint density at radius 1 is 1.08 bits per heavy atom. The van der Waals surface area contributed by atoms with Crippen LogP contribution in [-0.2, 0) is 9.59 Å². The molecule has 2 N–H and O–H groups in total. The molecule has 0 atom stereocenters. The number of hydrogen-bond donors (Lipinski definition) is 1. The van der Waals surface area contributed by atoms with Gasteiger partial charge >= 0.3 is 0 Å². The summed E-state index contributed by atoms with van der Waals surface area (Å²) in [5.74, 6) is 0.340. The predicted molar refractivity (Wildman–Crippen MR) is 45.5 cm³/mol. The molecule has 1 amide bonds. The van der Waals surface area contributed by atoms with Gasteiger partial charge in [0.05, 0.1) is 0 Å². The molecule has 0 heterocycles. The van der Waals surface area contributed by atoms with E-state index in [1.165, 1.54) is 0 Å². The Morgan fingerprint density at radius 2 is 1.50 bits per heavy atom. The van der Waals surface area contributed by atoms with Crippen molar-refractivity contribution in [2.75, 3.05) is 0 Å². The maximum absolute atomic E-state index is 9.98. The SMILES string of the molecule is NC(=O)C1CC1.O=C(Cl)C1CC1. The van der Waals surface area contributed by atoms with Gasteiger partial charge in [-0.05, 0) is 37.3 Å². The number of halogens is 1. The van der Waals surface area contributed by atoms with Crippen LogP contribution in [0.25, 0.3) is 0 Å². The number of hydrogen-bond acceptors (Lipinski definition) is 2. The third-order valence-electron chi connectivity index (χ3n) is 1.88. The number of primary amides is 1. The highest BCUT2D eigenvalue weighted by atomic mass is 35.5. The molecule has 0 spiro atoms. The van der Waals surface area contributed by atoms with Gasteiger partial charge in [-0.3, -0.25) is 9.59 Å². The van der Waals surface area contributed by atoms with E-state index in [2.05, 4.69) is 0 Å². The third kappa shape index (κ3) is 3.72. The molecule has 2 rings (SSSR count). The highest BCUT2D eigenvalue weighted by Crippen LogP contribution is 2.30. The molecule has 12 heavy (non-hydrogen) atoms. The molecule has 68 valence electrons. The number of amides is 1. The summed E-state index contributed by atoms with van der Waals surface area (Å²) in [6.07, 6.45) is 4.08. The van der Waals surface area contributed by atoms with Gasteiger partial charge < -0.3 is 5.73 Å². The summed E-state index contributed by atoms with van der Waals surface area (Å²) in [6, 6.07) is 0. The van der Waals surface area contributed by atoms with Crippen LogP contribution < -0.4 is 5.73 Å². The van der Waals surface area contributed by atoms with Crippen molar-refractivity contribution < 1.29 is 9.59 Å². The molecule has 0 unspecified atom stereocenters. The van der Waals surface area contributed by atoms with E-state index in [1.54, 1.807) is 0 Å². The molecule has 0 aromatic rings. The van der Waals surface area contributed by atoms with Gasteiger partial charge in [0.15, 0.2) is 0 Å². The Bertz CT molecular complexity index is 175. The Kier molecular flexibility index (Phi) is 3.09. The lowest BCUT2D eigenvalue weighted by atomic mass is 10.4. The van der Waals surface area contributed by atoms with E-state index in [4.69, 9.17) is 17.3 Å². The van der Waals surface area contributed by atoms with E-state index >= 15 is 0 Å². The van der Waals surface area contributed by atoms with Crippen LogP contribution in [0.4, 0.5) is 0 Å². The summed E-state index contributed by atoms with van der Waals surface area (Å²) < 4.78 is 0. The second kappa shape index (κ2) is 3.90. The molecular formula is C8H12ClNO2. The average Bonchev–Trinajstić information content (AvgIpc) is 2.85. The maximum Gasteiger partial charge on any atom is 0.224 e. The lowest BCUT2D eigenvalue weighted by Crippen LogP contribution is -2.11. The highest BCUT2D eigenvalue weighted by Gasteiger charge is 2.27. The first kappa shape index (κ1) is 9.52. The molecular weight excluding hydrogens is 178 g/mol. The van der Waals surface area contributed by atoms with Gasteiger partial charge in [0.25, 0.3) is 0 Å². The lowest BCUT2D eigenvalue weighted by Gasteiger charge is -1.77. The molecule has 2 aliphatic rings. The number of carbonyl (C=O) groups is 2. The molecule has 3 nitrogen and oxygen atoms in total. The van der Waals surface area contributed by atoms with E-state index in [0.717, 1.165) is 25.7 Å². The maximum atomic E-state index is 9.98. The van der Waals surface area contributed by atoms with Crippen LogP contribution >= 0.6 is 11.6 Å². The zero-order valence-electron chi connectivity index (χ0n) is 6.75. The first-order chi connectivity index (χ1) is 5.61. The molecule has 0 saturated heterocycles. The Hall–Kier alpha value is -0.570. The standard InChI is InChI=1S/C4H5ClO.C4H7NO/c2*5-4(6)3-1-2-3/h3H,1-2H2;3H,1-2H2,(H2,5,6). The van der Waals surface area contributed by atoms with E-state index in [9.17, 15) is 9.59 Å². The molecule has 0 bridgehead atoms. The zero-order valence-corrected chi connectivity index (χ0v) is 7.51. The summed E-state index contributed by atoms with van der Waals surface area (Å²) in [5, 5.41) is -0.157. The third-order valence-corrected chi connectivity index (χ3v) is 2.19. The second-order valence-corrected chi connectivity index (χ2v) is 3.63. The van der Waals surface area contributed by atoms with Crippen LogP contribution in [0, 0.1) is 11.8 Å². The van der Waals surface area contributed by atoms with Crippen molar-refractivity contribution in [1.29, 1.82) is 0 Å². The van der Waals surface area contributed by atoms with Crippen LogP contribution in [0.5, 0.6) is 0 Å². The molecule has 0 radical (unpaired) electrons. The van der Waals surface area contributed by atoms with Gasteiger partial charge in [0.1, 0.15) is 0 Å². The fourth-order valence-corrected chi connectivity index (χ4v) is 0.896. The van der Waals surface area contributed by atoms with Crippen LogP contribution in [0.3, 0.4) is 0 Å². The summed E-state index contributed by atoms with van der Waals surface area (Å²) >= 11 is 5.04. The number of rotatable bonds is 2. The van der Waals surface area contributed by atoms with Crippen molar-refractivity contribution in [2.45, 2.75) is 25.7 Å². The summed E-state index contributed by atoms with van der Waals surface area (Å²) in [4.78, 5) is 20.0. The molecule has 2 saturated carbocycles. The minimum Gasteiger partial charge on any atom is -0.369 e. The Morgan fingerprint density at radius 3 is 1.50 bits per heavy atom. The van der Waals surface area contributed by atoms with Crippen LogP contribution in [0.2, 0.25) is 0 Å². The molecule has 0 aromatic carbocycles. The van der Waals surface area contributed by atoms with E-state index in [-0.39, 0.29) is 23.0 Å². The van der Waals surface area contributed by atoms with Crippen molar-refractivity contribution in [3.05, 3.63) is 0 Å². The van der Waals surface area contributed by atoms with E-state index in [1.807, 2.05) is 0 Å². The fraction of sp³-hybridized carbons (Fsp3) is 0.750. The van der Waals surface area contributed by atoms with Gasteiger partial charge in [-0.25, -0.2) is 0 Å². The zero-order chi connectivity index (χ0) is 9.14. The summed E-state index contributed by atoms with van der Waals surface area (Å²) in [5.41, 5.74) is 4.86. The molecule has 0 aliphatic heterocycles. The van der Waals surface area contributed by atoms with E-state index < -0.39 is 0 Å². The monoisotopic (exact) mass is 189 g/mol. The van der Waals surface area contributed by atoms with Crippen LogP contribution in [0.15, 0.2) is 0 Å². The van der Waals surface area contributed by atoms with Crippen molar-refractivity contribution in [2.24, 2.45) is 17.6 Å². The van der Waals surface area contributed by atoms with Crippen molar-refractivity contribution in [1.82, 2.24) is 0 Å². The Balaban J connectivity index is 0.000000120. The quantitative estimate of drug-likeness (QED) is 0.660. The van der Waals surface area contributed by atoms with Gasteiger partial charge in [0.2, 0.25) is 11.1 Å². The van der Waals surface area contributed by atoms with Crippen molar-refractivity contribution in [3.63, 3.8) is 0 Å². The normalized spacial score (nSPS) is 20.8. The van der Waals surface area contributed by atoms with Gasteiger partial charge in [-0.2, -0.15) is 0 Å². The molecule has 2 fully saturated rings. The largest absolute Gasteiger partial charge is 0.369 e. The van der Waals surface area contributed by atoms with Crippen LogP contribution in [0.1, 0.15) is 25.7 Å². The minimum absolute atomic E-state index is 0.130. The van der Waals surface area contributed by atoms with Crippen molar-refractivity contribution >= 4 is 22.8 Å². The minimum atomic E-state index is -0.157. The summed E-state index contributed by atoms with van der Waals surface area (Å²) in [7, 11) is 0. The second-order valence-electron chi connectivity index (χ2n) is 3.26. The molecule has 2 aliphatic carbocycles. The first-order valence-electron chi connectivity index (χ1n) is 4.10. The average molecular weight is 190 g/mol. The van der Waals surface area contributed by atoms with Gasteiger partial charge in [0, 0.05) is 11.8 Å². The number of carbonyl (C=O) groups excluding carboxylic acids is 2. The molecule has 0 aromatic heterocycles. The Labute approximate surface area is 76.3 Å². The lowest BCUT2D eigenvalue weighted by molar-refractivity contribution is -0.119. The van der Waals surface area contributed by atoms with Crippen molar-refractivity contribution in [3.8, 4) is 0 Å². The first-order valence-corrected chi connectivity index (χ1v) is 4.47. The highest BCUT2D eigenvalue weighted by molar-refractivity contribution is 6.64. The summed E-state index contributed by atoms with van der Waals surface area (Å²) in [6.45, 7) is 0. The topological polar surface area (TPSA) is 60.2 Å². The smallest absolute Gasteiger partial charge is 0.224 e. The van der Waals surface area contributed by atoms with Gasteiger partial charge in [-0.15, -0.1) is 0 Å². The van der Waals surface area contributed by atoms with Gasteiger partial charge in [-0.1, -0.05) is 0 Å². The molecule has 4 heteroatoms. The van der Waals surface area contributed by atoms with Crippen LogP contribution in [-0.4, -0.2) is 11.1 Å². The van der Waals surface area contributed by atoms with E-state index in [0.29, 0.717) is 0 Å². The number of nitrogens with two attached hydrogens (primary N) is 1.